The first kappa shape index (κ1) is 9.33. The smallest absolute Gasteiger partial charge is 0.253 e. The first-order valence-corrected chi connectivity index (χ1v) is 4.04. The Kier molecular flexibility index (Phi) is 3.09. The monoisotopic (exact) mass is 177 g/mol. The van der Waals surface area contributed by atoms with E-state index in [1.54, 1.807) is 25.4 Å². The highest BCUT2D eigenvalue weighted by Gasteiger charge is 2.08. The van der Waals surface area contributed by atoms with E-state index in [-0.39, 0.29) is 11.9 Å². The second kappa shape index (κ2) is 4.31. The lowest BCUT2D eigenvalue weighted by atomic mass is 10.2. The summed E-state index contributed by atoms with van der Waals surface area (Å²) in [5.74, 6) is -0.149. The molecule has 1 unspecified atom stereocenters. The van der Waals surface area contributed by atoms with Gasteiger partial charge in [-0.1, -0.05) is 0 Å². The summed E-state index contributed by atoms with van der Waals surface area (Å²) in [7, 11) is 0. The summed E-state index contributed by atoms with van der Waals surface area (Å²) in [6, 6.07) is 3.58. The summed E-state index contributed by atoms with van der Waals surface area (Å²) >= 11 is 0. The summed E-state index contributed by atoms with van der Waals surface area (Å²) in [4.78, 5) is 14.1. The van der Waals surface area contributed by atoms with Crippen LogP contribution in [0.5, 0.6) is 0 Å². The van der Waals surface area contributed by atoms with Crippen LogP contribution in [-0.2, 0) is 0 Å². The van der Waals surface area contributed by atoms with Crippen molar-refractivity contribution < 1.29 is 4.79 Å². The molecule has 1 heterocycles. The van der Waals surface area contributed by atoms with Crippen LogP contribution in [0.15, 0.2) is 18.5 Å². The van der Waals surface area contributed by atoms with Gasteiger partial charge < -0.3 is 10.3 Å². The molecule has 0 aliphatic heterocycles. The standard InChI is InChI=1S/C9H11N3O/c1-7(2-4-10)12-9(13)8-3-5-11-6-8/h3,5-7,11H,2H2,1H3,(H,12,13). The van der Waals surface area contributed by atoms with E-state index >= 15 is 0 Å². The number of nitriles is 1. The van der Waals surface area contributed by atoms with Gasteiger partial charge in [0, 0.05) is 18.4 Å². The van der Waals surface area contributed by atoms with Crippen molar-refractivity contribution in [2.45, 2.75) is 19.4 Å². The van der Waals surface area contributed by atoms with E-state index in [4.69, 9.17) is 5.26 Å². The molecule has 0 saturated carbocycles. The van der Waals surface area contributed by atoms with E-state index in [1.807, 2.05) is 6.07 Å². The number of carbonyl (C=O) groups excluding carboxylic acids is 1. The van der Waals surface area contributed by atoms with Crippen molar-refractivity contribution >= 4 is 5.91 Å². The molecule has 0 saturated heterocycles. The normalized spacial score (nSPS) is 11.7. The summed E-state index contributed by atoms with van der Waals surface area (Å²) in [5, 5.41) is 11.1. The maximum absolute atomic E-state index is 11.4. The minimum absolute atomic E-state index is 0.104. The third kappa shape index (κ3) is 2.64. The molecule has 1 atom stereocenters. The third-order valence-corrected chi connectivity index (χ3v) is 1.64. The van der Waals surface area contributed by atoms with Crippen LogP contribution in [0.4, 0.5) is 0 Å². The van der Waals surface area contributed by atoms with Crippen molar-refractivity contribution in [1.29, 1.82) is 5.26 Å². The lowest BCUT2D eigenvalue weighted by Crippen LogP contribution is -2.31. The Balaban J connectivity index is 2.48. The van der Waals surface area contributed by atoms with Gasteiger partial charge in [0.2, 0.25) is 0 Å². The number of nitrogens with zero attached hydrogens (tertiary/aromatic N) is 1. The fourth-order valence-electron chi connectivity index (χ4n) is 0.960. The van der Waals surface area contributed by atoms with E-state index in [1.165, 1.54) is 0 Å². The number of hydrogen-bond acceptors (Lipinski definition) is 2. The van der Waals surface area contributed by atoms with Crippen LogP contribution >= 0.6 is 0 Å². The van der Waals surface area contributed by atoms with Crippen molar-refractivity contribution in [3.63, 3.8) is 0 Å². The van der Waals surface area contributed by atoms with Crippen molar-refractivity contribution in [2.75, 3.05) is 0 Å². The van der Waals surface area contributed by atoms with Gasteiger partial charge in [-0.25, -0.2) is 0 Å². The minimum Gasteiger partial charge on any atom is -0.367 e. The summed E-state index contributed by atoms with van der Waals surface area (Å²) in [6.45, 7) is 1.80. The predicted octanol–water partition coefficient (Wildman–Crippen LogP) is 1.05. The van der Waals surface area contributed by atoms with E-state index in [0.29, 0.717) is 12.0 Å². The maximum atomic E-state index is 11.4. The summed E-state index contributed by atoms with van der Waals surface area (Å²) < 4.78 is 0. The third-order valence-electron chi connectivity index (χ3n) is 1.64. The molecule has 0 radical (unpaired) electrons. The molecular formula is C9H11N3O. The predicted molar refractivity (Wildman–Crippen MR) is 48.0 cm³/mol. The average Bonchev–Trinajstić information content (AvgIpc) is 2.55. The Labute approximate surface area is 76.6 Å². The van der Waals surface area contributed by atoms with Crippen LogP contribution in [-0.4, -0.2) is 16.9 Å². The van der Waals surface area contributed by atoms with Gasteiger partial charge in [-0.15, -0.1) is 0 Å². The Hall–Kier alpha value is -1.76. The summed E-state index contributed by atoms with van der Waals surface area (Å²) in [6.07, 6.45) is 3.63. The Morgan fingerprint density at radius 2 is 2.62 bits per heavy atom. The second-order valence-electron chi connectivity index (χ2n) is 2.84. The van der Waals surface area contributed by atoms with E-state index in [9.17, 15) is 4.79 Å². The largest absolute Gasteiger partial charge is 0.367 e. The van der Waals surface area contributed by atoms with Gasteiger partial charge in [-0.2, -0.15) is 5.26 Å². The molecule has 0 aliphatic rings. The van der Waals surface area contributed by atoms with Gasteiger partial charge >= 0.3 is 0 Å². The number of aromatic amines is 1. The number of carbonyl (C=O) groups is 1. The first-order chi connectivity index (χ1) is 6.24. The molecule has 2 N–H and O–H groups in total. The average molecular weight is 177 g/mol. The number of rotatable bonds is 3. The molecule has 4 nitrogen and oxygen atoms in total. The van der Waals surface area contributed by atoms with Gasteiger partial charge in [0.25, 0.3) is 5.91 Å². The molecule has 1 rings (SSSR count). The van der Waals surface area contributed by atoms with E-state index in [2.05, 4.69) is 10.3 Å². The number of aromatic nitrogens is 1. The lowest BCUT2D eigenvalue weighted by Gasteiger charge is -2.08. The van der Waals surface area contributed by atoms with Gasteiger partial charge in [-0.3, -0.25) is 4.79 Å². The van der Waals surface area contributed by atoms with Gasteiger partial charge in [0.1, 0.15) is 0 Å². The number of nitrogens with one attached hydrogen (secondary N) is 2. The van der Waals surface area contributed by atoms with Crippen LogP contribution < -0.4 is 5.32 Å². The zero-order valence-corrected chi connectivity index (χ0v) is 7.37. The molecule has 1 aromatic rings. The van der Waals surface area contributed by atoms with Crippen molar-refractivity contribution in [3.8, 4) is 6.07 Å². The van der Waals surface area contributed by atoms with Crippen molar-refractivity contribution in [2.24, 2.45) is 0 Å². The van der Waals surface area contributed by atoms with Crippen LogP contribution in [0.1, 0.15) is 23.7 Å². The quantitative estimate of drug-likeness (QED) is 0.724. The second-order valence-corrected chi connectivity index (χ2v) is 2.84. The van der Waals surface area contributed by atoms with Crippen LogP contribution in [0.2, 0.25) is 0 Å². The van der Waals surface area contributed by atoms with Crippen LogP contribution in [0.3, 0.4) is 0 Å². The SMILES string of the molecule is CC(CC#N)NC(=O)c1cc[nH]c1. The molecule has 0 aliphatic carbocycles. The Bertz CT molecular complexity index is 310. The number of amides is 1. The first-order valence-electron chi connectivity index (χ1n) is 4.04. The van der Waals surface area contributed by atoms with Crippen LogP contribution in [0, 0.1) is 11.3 Å². The highest BCUT2D eigenvalue weighted by Crippen LogP contribution is 1.97. The topological polar surface area (TPSA) is 68.7 Å². The Morgan fingerprint density at radius 3 is 3.15 bits per heavy atom. The highest BCUT2D eigenvalue weighted by molar-refractivity contribution is 5.94. The van der Waals surface area contributed by atoms with Crippen molar-refractivity contribution in [3.05, 3.63) is 24.0 Å². The molecule has 1 aromatic heterocycles. The van der Waals surface area contributed by atoms with Crippen LogP contribution in [0.25, 0.3) is 0 Å². The molecule has 0 spiro atoms. The number of hydrogen-bond donors (Lipinski definition) is 2. The minimum atomic E-state index is -0.149. The fourth-order valence-corrected chi connectivity index (χ4v) is 0.960. The summed E-state index contributed by atoms with van der Waals surface area (Å²) in [5.41, 5.74) is 0.588. The van der Waals surface area contributed by atoms with Gasteiger partial charge in [-0.05, 0) is 13.0 Å². The zero-order valence-electron chi connectivity index (χ0n) is 7.37. The molecule has 0 bridgehead atoms. The Morgan fingerprint density at radius 1 is 1.85 bits per heavy atom. The molecule has 4 heteroatoms. The zero-order chi connectivity index (χ0) is 9.68. The van der Waals surface area contributed by atoms with Crippen molar-refractivity contribution in [1.82, 2.24) is 10.3 Å². The van der Waals surface area contributed by atoms with E-state index in [0.717, 1.165) is 0 Å². The fraction of sp³-hybridized carbons (Fsp3) is 0.333. The van der Waals surface area contributed by atoms with E-state index < -0.39 is 0 Å². The van der Waals surface area contributed by atoms with Gasteiger partial charge in [0.15, 0.2) is 0 Å². The lowest BCUT2D eigenvalue weighted by molar-refractivity contribution is 0.0941. The van der Waals surface area contributed by atoms with Gasteiger partial charge in [0.05, 0.1) is 18.1 Å². The molecule has 1 amide bonds. The molecule has 13 heavy (non-hydrogen) atoms. The maximum Gasteiger partial charge on any atom is 0.253 e. The molecule has 0 fully saturated rings. The molecular weight excluding hydrogens is 166 g/mol. The molecule has 68 valence electrons. The number of H-pyrrole nitrogens is 1. The molecule has 0 aromatic carbocycles. The highest BCUT2D eigenvalue weighted by atomic mass is 16.1.